The monoisotopic (exact) mass is 374 g/mol. The van der Waals surface area contributed by atoms with Crippen molar-refractivity contribution in [3.8, 4) is 22.8 Å². The van der Waals surface area contributed by atoms with Gasteiger partial charge in [-0.15, -0.1) is 0 Å². The third kappa shape index (κ3) is 3.82. The van der Waals surface area contributed by atoms with Gasteiger partial charge in [0.05, 0.1) is 23.8 Å². The largest absolute Gasteiger partial charge is 0.382 e. The van der Waals surface area contributed by atoms with Crippen molar-refractivity contribution in [1.82, 2.24) is 25.3 Å². The minimum Gasteiger partial charge on any atom is -0.382 e. The summed E-state index contributed by atoms with van der Waals surface area (Å²) in [6.45, 7) is 3.13. The van der Waals surface area contributed by atoms with Crippen LogP contribution in [0.3, 0.4) is 0 Å². The Bertz CT molecular complexity index is 987. The topological polar surface area (TPSA) is 92.5 Å². The van der Waals surface area contributed by atoms with E-state index in [9.17, 15) is 0 Å². The first-order valence-corrected chi connectivity index (χ1v) is 9.75. The van der Waals surface area contributed by atoms with E-state index in [1.807, 2.05) is 13.2 Å². The lowest BCUT2D eigenvalue weighted by atomic mass is 9.90. The Kier molecular flexibility index (Phi) is 5.21. The van der Waals surface area contributed by atoms with Gasteiger partial charge in [0.2, 0.25) is 0 Å². The highest BCUT2D eigenvalue weighted by molar-refractivity contribution is 5.71. The SMILES string of the molecule is CNCc1ccc(-c2cnc(-c3nc(C4=CCC(C)CC4)cnc3N)[nH]2)cc1. The number of aromatic nitrogens is 4. The zero-order valence-electron chi connectivity index (χ0n) is 16.4. The number of imidazole rings is 1. The molecule has 0 aliphatic heterocycles. The minimum atomic E-state index is 0.388. The number of anilines is 1. The summed E-state index contributed by atoms with van der Waals surface area (Å²) in [5.41, 5.74) is 12.1. The maximum Gasteiger partial charge on any atom is 0.160 e. The molecule has 4 rings (SSSR count). The number of hydrogen-bond acceptors (Lipinski definition) is 5. The summed E-state index contributed by atoms with van der Waals surface area (Å²) < 4.78 is 0. The fourth-order valence-corrected chi connectivity index (χ4v) is 3.52. The third-order valence-electron chi connectivity index (χ3n) is 5.25. The first kappa shape index (κ1) is 18.4. The average Bonchev–Trinajstić information content (AvgIpc) is 3.20. The molecule has 1 atom stereocenters. The molecular formula is C22H26N6. The number of nitrogen functional groups attached to an aromatic ring is 1. The number of allylic oxidation sites excluding steroid dienone is 2. The number of hydrogen-bond donors (Lipinski definition) is 3. The van der Waals surface area contributed by atoms with Crippen molar-refractivity contribution >= 4 is 11.4 Å². The van der Waals surface area contributed by atoms with Crippen molar-refractivity contribution < 1.29 is 0 Å². The van der Waals surface area contributed by atoms with Gasteiger partial charge in [-0.1, -0.05) is 37.3 Å². The molecule has 1 aliphatic carbocycles. The van der Waals surface area contributed by atoms with Crippen LogP contribution in [0, 0.1) is 5.92 Å². The van der Waals surface area contributed by atoms with Crippen LogP contribution in [0.2, 0.25) is 0 Å². The Hall–Kier alpha value is -2.99. The molecule has 28 heavy (non-hydrogen) atoms. The molecule has 2 aromatic heterocycles. The lowest BCUT2D eigenvalue weighted by Crippen LogP contribution is -2.05. The zero-order chi connectivity index (χ0) is 19.5. The predicted octanol–water partition coefficient (Wildman–Crippen LogP) is 4.04. The van der Waals surface area contributed by atoms with Crippen LogP contribution in [0.5, 0.6) is 0 Å². The van der Waals surface area contributed by atoms with Crippen LogP contribution in [0.25, 0.3) is 28.3 Å². The second kappa shape index (κ2) is 7.94. The molecule has 0 saturated heterocycles. The van der Waals surface area contributed by atoms with E-state index in [1.165, 1.54) is 17.6 Å². The van der Waals surface area contributed by atoms with Gasteiger partial charge in [0.15, 0.2) is 11.6 Å². The highest BCUT2D eigenvalue weighted by atomic mass is 15.0. The molecule has 0 saturated carbocycles. The number of nitrogens with two attached hydrogens (primary N) is 1. The summed E-state index contributed by atoms with van der Waals surface area (Å²) in [5.74, 6) is 1.77. The Balaban J connectivity index is 1.62. The zero-order valence-corrected chi connectivity index (χ0v) is 16.4. The molecule has 3 aromatic rings. The van der Waals surface area contributed by atoms with Gasteiger partial charge < -0.3 is 16.0 Å². The molecule has 2 heterocycles. The maximum absolute atomic E-state index is 6.11. The number of aromatic amines is 1. The van der Waals surface area contributed by atoms with Crippen LogP contribution < -0.4 is 11.1 Å². The Morgan fingerprint density at radius 2 is 2.00 bits per heavy atom. The fraction of sp³-hybridized carbons (Fsp3) is 0.318. The Labute approximate surface area is 165 Å². The van der Waals surface area contributed by atoms with Gasteiger partial charge in [-0.25, -0.2) is 15.0 Å². The van der Waals surface area contributed by atoms with E-state index in [0.717, 1.165) is 42.3 Å². The molecule has 144 valence electrons. The number of H-pyrrole nitrogens is 1. The summed E-state index contributed by atoms with van der Waals surface area (Å²) in [4.78, 5) is 17.0. The van der Waals surface area contributed by atoms with E-state index < -0.39 is 0 Å². The fourth-order valence-electron chi connectivity index (χ4n) is 3.52. The normalized spacial score (nSPS) is 16.8. The lowest BCUT2D eigenvalue weighted by Gasteiger charge is -2.18. The minimum absolute atomic E-state index is 0.388. The summed E-state index contributed by atoms with van der Waals surface area (Å²) in [6, 6.07) is 8.39. The first-order valence-electron chi connectivity index (χ1n) is 9.75. The summed E-state index contributed by atoms with van der Waals surface area (Å²) in [6.07, 6.45) is 9.16. The van der Waals surface area contributed by atoms with Crippen LogP contribution in [-0.2, 0) is 6.54 Å². The molecule has 1 aliphatic rings. The standard InChI is InChI=1S/C22H26N6/c1-14-3-7-16(8-4-14)18-12-25-21(23)20(27-18)22-26-13-19(28-22)17-9-5-15(6-10-17)11-24-2/h5-7,9-10,12-14,24H,3-4,8,11H2,1-2H3,(H2,23,25)(H,26,28). The van der Waals surface area contributed by atoms with Gasteiger partial charge in [0.1, 0.15) is 5.69 Å². The van der Waals surface area contributed by atoms with E-state index in [1.54, 1.807) is 6.20 Å². The molecule has 4 N–H and O–H groups in total. The number of nitrogens with zero attached hydrogens (tertiary/aromatic N) is 3. The van der Waals surface area contributed by atoms with Gasteiger partial charge in [-0.3, -0.25) is 0 Å². The van der Waals surface area contributed by atoms with Crippen LogP contribution in [0.4, 0.5) is 5.82 Å². The van der Waals surface area contributed by atoms with Crippen molar-refractivity contribution in [3.63, 3.8) is 0 Å². The Morgan fingerprint density at radius 1 is 1.18 bits per heavy atom. The summed E-state index contributed by atoms with van der Waals surface area (Å²) in [7, 11) is 1.94. The maximum atomic E-state index is 6.11. The van der Waals surface area contributed by atoms with Crippen LogP contribution in [0.15, 0.2) is 42.7 Å². The number of rotatable bonds is 5. The lowest BCUT2D eigenvalue weighted by molar-refractivity contribution is 0.533. The molecular weight excluding hydrogens is 348 g/mol. The smallest absolute Gasteiger partial charge is 0.160 e. The first-order chi connectivity index (χ1) is 13.6. The van der Waals surface area contributed by atoms with Crippen molar-refractivity contribution in [2.24, 2.45) is 5.92 Å². The molecule has 6 nitrogen and oxygen atoms in total. The average molecular weight is 374 g/mol. The van der Waals surface area contributed by atoms with Gasteiger partial charge in [0, 0.05) is 6.54 Å². The van der Waals surface area contributed by atoms with E-state index in [4.69, 9.17) is 10.7 Å². The highest BCUT2D eigenvalue weighted by Crippen LogP contribution is 2.31. The molecule has 0 bridgehead atoms. The van der Waals surface area contributed by atoms with Crippen LogP contribution in [-0.4, -0.2) is 27.0 Å². The van der Waals surface area contributed by atoms with Gasteiger partial charge in [-0.05, 0) is 48.9 Å². The van der Waals surface area contributed by atoms with E-state index in [-0.39, 0.29) is 0 Å². The van der Waals surface area contributed by atoms with Crippen LogP contribution in [0.1, 0.15) is 37.4 Å². The second-order valence-corrected chi connectivity index (χ2v) is 7.47. The van der Waals surface area contributed by atoms with Crippen LogP contribution >= 0.6 is 0 Å². The third-order valence-corrected chi connectivity index (χ3v) is 5.25. The molecule has 1 unspecified atom stereocenters. The van der Waals surface area contributed by atoms with E-state index in [0.29, 0.717) is 17.3 Å². The molecule has 6 heteroatoms. The van der Waals surface area contributed by atoms with E-state index in [2.05, 4.69) is 57.5 Å². The molecule has 1 aromatic carbocycles. The molecule has 0 spiro atoms. The van der Waals surface area contributed by atoms with E-state index >= 15 is 0 Å². The van der Waals surface area contributed by atoms with Gasteiger partial charge >= 0.3 is 0 Å². The van der Waals surface area contributed by atoms with Crippen molar-refractivity contribution in [2.75, 3.05) is 12.8 Å². The Morgan fingerprint density at radius 3 is 2.71 bits per heavy atom. The highest BCUT2D eigenvalue weighted by Gasteiger charge is 2.17. The van der Waals surface area contributed by atoms with Gasteiger partial charge in [-0.2, -0.15) is 0 Å². The summed E-state index contributed by atoms with van der Waals surface area (Å²) >= 11 is 0. The van der Waals surface area contributed by atoms with Crippen molar-refractivity contribution in [3.05, 3.63) is 54.0 Å². The second-order valence-electron chi connectivity index (χ2n) is 7.47. The van der Waals surface area contributed by atoms with Crippen molar-refractivity contribution in [2.45, 2.75) is 32.7 Å². The van der Waals surface area contributed by atoms with Crippen molar-refractivity contribution in [1.29, 1.82) is 0 Å². The number of benzene rings is 1. The van der Waals surface area contributed by atoms with Gasteiger partial charge in [0.25, 0.3) is 0 Å². The molecule has 0 radical (unpaired) electrons. The molecule has 0 amide bonds. The molecule has 0 fully saturated rings. The quantitative estimate of drug-likeness (QED) is 0.627. The number of nitrogens with one attached hydrogen (secondary N) is 2. The summed E-state index contributed by atoms with van der Waals surface area (Å²) in [5, 5.41) is 3.16. The predicted molar refractivity (Wildman–Crippen MR) is 113 cm³/mol.